The Balaban J connectivity index is 2.46. The zero-order chi connectivity index (χ0) is 11.0. The zero-order valence-electron chi connectivity index (χ0n) is 8.79. The van der Waals surface area contributed by atoms with Gasteiger partial charge in [0.15, 0.2) is 5.15 Å². The van der Waals surface area contributed by atoms with Gasteiger partial charge in [0.05, 0.1) is 12.8 Å². The summed E-state index contributed by atoms with van der Waals surface area (Å²) in [7, 11) is 1.40. The van der Waals surface area contributed by atoms with Gasteiger partial charge in [-0.1, -0.05) is 11.6 Å². The Hall–Kier alpha value is -1.03. The van der Waals surface area contributed by atoms with Crippen LogP contribution < -0.4 is 0 Å². The molecule has 0 amide bonds. The zero-order valence-corrected chi connectivity index (χ0v) is 9.54. The maximum Gasteiger partial charge on any atom is 0.314 e. The van der Waals surface area contributed by atoms with Gasteiger partial charge in [-0.25, -0.2) is 4.98 Å². The summed E-state index contributed by atoms with van der Waals surface area (Å²) in [6.45, 7) is 2.78. The molecule has 1 aromatic heterocycles. The fourth-order valence-electron chi connectivity index (χ4n) is 2.12. The highest BCUT2D eigenvalue weighted by molar-refractivity contribution is 6.30. The average Bonchev–Trinajstić information content (AvgIpc) is 2.54. The van der Waals surface area contributed by atoms with Gasteiger partial charge in [-0.2, -0.15) is 0 Å². The van der Waals surface area contributed by atoms with Crippen molar-refractivity contribution >= 4 is 17.6 Å². The van der Waals surface area contributed by atoms with Crippen molar-refractivity contribution in [3.05, 3.63) is 16.7 Å². The molecule has 0 N–H and O–H groups in total. The number of fused-ring (bicyclic) bond motifs is 1. The number of methoxy groups -OCH3 is 1. The molecule has 0 aromatic carbocycles. The van der Waals surface area contributed by atoms with Crippen LogP contribution in [0.25, 0.3) is 0 Å². The van der Waals surface area contributed by atoms with Crippen LogP contribution in [0.2, 0.25) is 5.15 Å². The summed E-state index contributed by atoms with van der Waals surface area (Å²) in [6, 6.07) is 0. The van der Waals surface area contributed by atoms with Crippen molar-refractivity contribution in [3.63, 3.8) is 0 Å². The molecule has 1 unspecified atom stereocenters. The van der Waals surface area contributed by atoms with Crippen molar-refractivity contribution < 1.29 is 9.53 Å². The normalized spacial score (nSPS) is 19.8. The molecule has 0 bridgehead atoms. The molecule has 0 radical (unpaired) electrons. The molecule has 1 aliphatic heterocycles. The van der Waals surface area contributed by atoms with Gasteiger partial charge in [-0.15, -0.1) is 0 Å². The Labute approximate surface area is 93.2 Å². The van der Waals surface area contributed by atoms with Gasteiger partial charge < -0.3 is 9.30 Å². The third-order valence-corrected chi connectivity index (χ3v) is 3.12. The van der Waals surface area contributed by atoms with Gasteiger partial charge in [0.2, 0.25) is 0 Å². The summed E-state index contributed by atoms with van der Waals surface area (Å²) < 4.78 is 6.78. The Kier molecular flexibility index (Phi) is 2.69. The van der Waals surface area contributed by atoms with Crippen LogP contribution in [-0.2, 0) is 16.1 Å². The number of esters is 1. The fourth-order valence-corrected chi connectivity index (χ4v) is 2.48. The number of aromatic nitrogens is 2. The smallest absolute Gasteiger partial charge is 0.314 e. The topological polar surface area (TPSA) is 44.1 Å². The molecule has 82 valence electrons. The van der Waals surface area contributed by atoms with E-state index in [2.05, 4.69) is 4.98 Å². The lowest BCUT2D eigenvalue weighted by molar-refractivity contribution is -0.143. The lowest BCUT2D eigenvalue weighted by Crippen LogP contribution is -2.23. The summed E-state index contributed by atoms with van der Waals surface area (Å²) in [5.74, 6) is 0.388. The van der Waals surface area contributed by atoms with E-state index in [9.17, 15) is 4.79 Å². The van der Waals surface area contributed by atoms with E-state index in [-0.39, 0.29) is 11.9 Å². The SMILES string of the molecule is COC(=O)C1CCCn2c(C)nc(Cl)c21. The molecule has 5 heteroatoms. The van der Waals surface area contributed by atoms with Crippen molar-refractivity contribution in [3.8, 4) is 0 Å². The van der Waals surface area contributed by atoms with Gasteiger partial charge in [-0.05, 0) is 19.8 Å². The Morgan fingerprint density at radius 3 is 3.07 bits per heavy atom. The highest BCUT2D eigenvalue weighted by Gasteiger charge is 2.31. The van der Waals surface area contributed by atoms with E-state index in [1.807, 2.05) is 11.5 Å². The van der Waals surface area contributed by atoms with Crippen molar-refractivity contribution in [1.29, 1.82) is 0 Å². The van der Waals surface area contributed by atoms with Crippen LogP contribution in [-0.4, -0.2) is 22.6 Å². The standard InChI is InChI=1S/C10H13ClN2O2/c1-6-12-9(11)8-7(10(14)15-2)4-3-5-13(6)8/h7H,3-5H2,1-2H3. The highest BCUT2D eigenvalue weighted by atomic mass is 35.5. The molecule has 4 nitrogen and oxygen atoms in total. The number of carbonyl (C=O) groups excluding carboxylic acids is 1. The molecule has 0 aliphatic carbocycles. The summed E-state index contributed by atoms with van der Waals surface area (Å²) in [4.78, 5) is 15.7. The summed E-state index contributed by atoms with van der Waals surface area (Å²) in [5, 5.41) is 0.433. The second-order valence-corrected chi connectivity index (χ2v) is 4.06. The van der Waals surface area contributed by atoms with Crippen LogP contribution in [0.5, 0.6) is 0 Å². The molecule has 1 aliphatic rings. The van der Waals surface area contributed by atoms with Crippen LogP contribution >= 0.6 is 11.6 Å². The van der Waals surface area contributed by atoms with Crippen molar-refractivity contribution in [2.75, 3.05) is 7.11 Å². The van der Waals surface area contributed by atoms with Crippen LogP contribution in [0.4, 0.5) is 0 Å². The molecule has 0 saturated carbocycles. The number of ether oxygens (including phenoxy) is 1. The Bertz CT molecular complexity index is 400. The molecule has 0 saturated heterocycles. The predicted octanol–water partition coefficient (Wildman–Crippen LogP) is 1.90. The van der Waals surface area contributed by atoms with Crippen LogP contribution in [0.3, 0.4) is 0 Å². The van der Waals surface area contributed by atoms with E-state index < -0.39 is 0 Å². The number of hydrogen-bond acceptors (Lipinski definition) is 3. The quantitative estimate of drug-likeness (QED) is 0.690. The van der Waals surface area contributed by atoms with E-state index in [1.54, 1.807) is 0 Å². The van der Waals surface area contributed by atoms with Crippen LogP contribution in [0, 0.1) is 6.92 Å². The minimum atomic E-state index is -0.252. The molecular weight excluding hydrogens is 216 g/mol. The molecule has 1 aromatic rings. The lowest BCUT2D eigenvalue weighted by Gasteiger charge is -2.23. The maximum atomic E-state index is 11.6. The molecule has 2 heterocycles. The van der Waals surface area contributed by atoms with Crippen molar-refractivity contribution in [2.45, 2.75) is 32.2 Å². The second kappa shape index (κ2) is 3.85. The third kappa shape index (κ3) is 1.63. The maximum absolute atomic E-state index is 11.6. The van der Waals surface area contributed by atoms with Gasteiger partial charge in [0.1, 0.15) is 11.7 Å². The Morgan fingerprint density at radius 1 is 1.67 bits per heavy atom. The first kappa shape index (κ1) is 10.5. The molecule has 0 fully saturated rings. The fraction of sp³-hybridized carbons (Fsp3) is 0.600. The molecule has 15 heavy (non-hydrogen) atoms. The number of aryl methyl sites for hydroxylation is 1. The first-order valence-corrected chi connectivity index (χ1v) is 5.33. The van der Waals surface area contributed by atoms with Gasteiger partial charge >= 0.3 is 5.97 Å². The minimum Gasteiger partial charge on any atom is -0.469 e. The van der Waals surface area contributed by atoms with E-state index in [0.717, 1.165) is 30.9 Å². The van der Waals surface area contributed by atoms with Crippen LogP contribution in [0.15, 0.2) is 0 Å². The largest absolute Gasteiger partial charge is 0.469 e. The molecule has 0 spiro atoms. The number of hydrogen-bond donors (Lipinski definition) is 0. The van der Waals surface area contributed by atoms with E-state index in [0.29, 0.717) is 5.15 Å². The summed E-state index contributed by atoms with van der Waals surface area (Å²) in [5.41, 5.74) is 0.812. The Morgan fingerprint density at radius 2 is 2.40 bits per heavy atom. The number of rotatable bonds is 1. The average molecular weight is 229 g/mol. The molecule has 1 atom stereocenters. The van der Waals surface area contributed by atoms with Gasteiger partial charge in [0.25, 0.3) is 0 Å². The third-order valence-electron chi connectivity index (χ3n) is 2.84. The van der Waals surface area contributed by atoms with Crippen LogP contribution in [0.1, 0.15) is 30.3 Å². The number of nitrogens with zero attached hydrogens (tertiary/aromatic N) is 2. The number of imidazole rings is 1. The first-order valence-electron chi connectivity index (χ1n) is 4.95. The van der Waals surface area contributed by atoms with E-state index >= 15 is 0 Å². The first-order chi connectivity index (χ1) is 7.15. The van der Waals surface area contributed by atoms with Crippen molar-refractivity contribution in [2.24, 2.45) is 0 Å². The van der Waals surface area contributed by atoms with E-state index in [4.69, 9.17) is 16.3 Å². The monoisotopic (exact) mass is 228 g/mol. The van der Waals surface area contributed by atoms with E-state index in [1.165, 1.54) is 7.11 Å². The predicted molar refractivity (Wildman–Crippen MR) is 56.0 cm³/mol. The number of halogens is 1. The van der Waals surface area contributed by atoms with Gasteiger partial charge in [-0.3, -0.25) is 4.79 Å². The lowest BCUT2D eigenvalue weighted by atomic mass is 9.96. The summed E-state index contributed by atoms with van der Waals surface area (Å²) in [6.07, 6.45) is 1.75. The highest BCUT2D eigenvalue weighted by Crippen LogP contribution is 2.34. The molecule has 2 rings (SSSR count). The number of carbonyl (C=O) groups is 1. The minimum absolute atomic E-state index is 0.224. The second-order valence-electron chi connectivity index (χ2n) is 3.70. The van der Waals surface area contributed by atoms with Gasteiger partial charge in [0, 0.05) is 6.54 Å². The summed E-state index contributed by atoms with van der Waals surface area (Å²) >= 11 is 6.02. The van der Waals surface area contributed by atoms with Crippen molar-refractivity contribution in [1.82, 2.24) is 9.55 Å². The molecular formula is C10H13ClN2O2.